The Balaban J connectivity index is 2.15. The van der Waals surface area contributed by atoms with Crippen LogP contribution in [-0.4, -0.2) is 28.7 Å². The highest BCUT2D eigenvalue weighted by Gasteiger charge is 2.19. The highest BCUT2D eigenvalue weighted by molar-refractivity contribution is 7.80. The molecule has 0 aliphatic heterocycles. The average molecular weight is 334 g/mol. The molecular formula is C18H22O4S. The second-order valence-electron chi connectivity index (χ2n) is 5.11. The first-order valence-corrected chi connectivity index (χ1v) is 8.19. The van der Waals surface area contributed by atoms with Crippen molar-refractivity contribution < 1.29 is 19.7 Å². The summed E-state index contributed by atoms with van der Waals surface area (Å²) in [6, 6.07) is 15.0. The highest BCUT2D eigenvalue weighted by atomic mass is 32.1. The Hall–Kier alpha value is -1.69. The van der Waals surface area contributed by atoms with Gasteiger partial charge < -0.3 is 19.7 Å². The molecule has 5 heteroatoms. The molecule has 2 N–H and O–H groups in total. The van der Waals surface area contributed by atoms with Gasteiger partial charge in [-0.3, -0.25) is 0 Å². The summed E-state index contributed by atoms with van der Waals surface area (Å²) < 4.78 is 11.4. The van der Waals surface area contributed by atoms with Gasteiger partial charge in [0.15, 0.2) is 11.5 Å². The summed E-state index contributed by atoms with van der Waals surface area (Å²) in [4.78, 5) is 0. The van der Waals surface area contributed by atoms with Gasteiger partial charge in [-0.1, -0.05) is 36.4 Å². The predicted octanol–water partition coefficient (Wildman–Crippen LogP) is 2.99. The standard InChI is InChI=1S/C18H22O4S/c1-2-21-17-10-14(18(20)15(19)12-23)8-9-16(17)22-11-13-6-4-3-5-7-13/h3-10,15,18-20,23H,2,11-12H2,1H3. The molecule has 2 rings (SSSR count). The predicted molar refractivity (Wildman–Crippen MR) is 93.2 cm³/mol. The number of ether oxygens (including phenoxy) is 2. The molecule has 0 heterocycles. The van der Waals surface area contributed by atoms with Crippen LogP contribution in [0.1, 0.15) is 24.2 Å². The summed E-state index contributed by atoms with van der Waals surface area (Å²) in [6.07, 6.45) is -1.93. The van der Waals surface area contributed by atoms with Crippen molar-refractivity contribution in [1.82, 2.24) is 0 Å². The van der Waals surface area contributed by atoms with Crippen molar-refractivity contribution in [2.75, 3.05) is 12.4 Å². The maximum Gasteiger partial charge on any atom is 0.161 e. The van der Waals surface area contributed by atoms with Crippen molar-refractivity contribution >= 4 is 12.6 Å². The van der Waals surface area contributed by atoms with Crippen molar-refractivity contribution in [3.63, 3.8) is 0 Å². The van der Waals surface area contributed by atoms with Gasteiger partial charge >= 0.3 is 0 Å². The Morgan fingerprint density at radius 1 is 1.00 bits per heavy atom. The van der Waals surface area contributed by atoms with Gasteiger partial charge in [-0.15, -0.1) is 0 Å². The monoisotopic (exact) mass is 334 g/mol. The molecule has 0 aliphatic carbocycles. The van der Waals surface area contributed by atoms with E-state index in [4.69, 9.17) is 9.47 Å². The van der Waals surface area contributed by atoms with E-state index in [1.807, 2.05) is 37.3 Å². The van der Waals surface area contributed by atoms with E-state index >= 15 is 0 Å². The number of benzene rings is 2. The lowest BCUT2D eigenvalue weighted by Crippen LogP contribution is -2.19. The number of hydrogen-bond acceptors (Lipinski definition) is 5. The Labute approximate surface area is 142 Å². The fourth-order valence-corrected chi connectivity index (χ4v) is 2.35. The molecule has 0 saturated heterocycles. The summed E-state index contributed by atoms with van der Waals surface area (Å²) in [6.45, 7) is 2.80. The first kappa shape index (κ1) is 17.7. The van der Waals surface area contributed by atoms with E-state index in [9.17, 15) is 10.2 Å². The lowest BCUT2D eigenvalue weighted by molar-refractivity contribution is 0.0335. The molecule has 2 aromatic rings. The van der Waals surface area contributed by atoms with Crippen LogP contribution in [0.3, 0.4) is 0 Å². The van der Waals surface area contributed by atoms with Crippen LogP contribution in [-0.2, 0) is 6.61 Å². The van der Waals surface area contributed by atoms with Gasteiger partial charge in [-0.2, -0.15) is 12.6 Å². The van der Waals surface area contributed by atoms with Gasteiger partial charge in [0, 0.05) is 5.75 Å². The molecule has 0 radical (unpaired) electrons. The first-order chi connectivity index (χ1) is 11.2. The lowest BCUT2D eigenvalue weighted by atomic mass is 10.0. The number of rotatable bonds is 8. The minimum absolute atomic E-state index is 0.178. The van der Waals surface area contributed by atoms with Crippen LogP contribution in [0.25, 0.3) is 0 Å². The third-order valence-corrected chi connectivity index (χ3v) is 3.77. The summed E-state index contributed by atoms with van der Waals surface area (Å²) >= 11 is 4.00. The first-order valence-electron chi connectivity index (χ1n) is 7.56. The summed E-state index contributed by atoms with van der Waals surface area (Å²) in [5, 5.41) is 19.8. The number of thiol groups is 1. The molecule has 2 aromatic carbocycles. The zero-order valence-electron chi connectivity index (χ0n) is 13.1. The fraction of sp³-hybridized carbons (Fsp3) is 0.333. The van der Waals surface area contributed by atoms with Crippen LogP contribution in [0.2, 0.25) is 0 Å². The second-order valence-corrected chi connectivity index (χ2v) is 5.47. The van der Waals surface area contributed by atoms with Crippen molar-refractivity contribution in [1.29, 1.82) is 0 Å². The highest BCUT2D eigenvalue weighted by Crippen LogP contribution is 2.32. The van der Waals surface area contributed by atoms with Gasteiger partial charge in [0.25, 0.3) is 0 Å². The Morgan fingerprint density at radius 2 is 1.74 bits per heavy atom. The van der Waals surface area contributed by atoms with Gasteiger partial charge in [0.2, 0.25) is 0 Å². The summed E-state index contributed by atoms with van der Waals surface area (Å²) in [7, 11) is 0. The molecule has 0 bridgehead atoms. The molecule has 0 aliphatic rings. The molecule has 4 nitrogen and oxygen atoms in total. The van der Waals surface area contributed by atoms with Crippen molar-refractivity contribution in [3.05, 3.63) is 59.7 Å². The third-order valence-electron chi connectivity index (χ3n) is 3.40. The van der Waals surface area contributed by atoms with Crippen LogP contribution in [0, 0.1) is 0 Å². The Kier molecular flexibility index (Phi) is 6.77. The summed E-state index contributed by atoms with van der Waals surface area (Å²) in [5.41, 5.74) is 1.63. The fourth-order valence-electron chi connectivity index (χ4n) is 2.15. The molecule has 0 saturated carbocycles. The zero-order valence-corrected chi connectivity index (χ0v) is 13.9. The third kappa shape index (κ3) is 4.89. The molecule has 0 spiro atoms. The maximum absolute atomic E-state index is 10.1. The largest absolute Gasteiger partial charge is 0.490 e. The molecule has 2 unspecified atom stereocenters. The van der Waals surface area contributed by atoms with Gasteiger partial charge in [0.1, 0.15) is 12.7 Å². The van der Waals surface area contributed by atoms with E-state index < -0.39 is 12.2 Å². The lowest BCUT2D eigenvalue weighted by Gasteiger charge is -2.19. The van der Waals surface area contributed by atoms with E-state index in [2.05, 4.69) is 12.6 Å². The number of aliphatic hydroxyl groups is 2. The topological polar surface area (TPSA) is 58.9 Å². The summed E-state index contributed by atoms with van der Waals surface area (Å²) in [5.74, 6) is 1.33. The molecule has 0 aromatic heterocycles. The SMILES string of the molecule is CCOc1cc(C(O)C(O)CS)ccc1OCc1ccccc1. The van der Waals surface area contributed by atoms with Crippen LogP contribution >= 0.6 is 12.6 Å². The van der Waals surface area contributed by atoms with E-state index in [-0.39, 0.29) is 5.75 Å². The van der Waals surface area contributed by atoms with Crippen molar-refractivity contribution in [2.24, 2.45) is 0 Å². The van der Waals surface area contributed by atoms with Crippen LogP contribution in [0.5, 0.6) is 11.5 Å². The number of aliphatic hydroxyl groups excluding tert-OH is 2. The van der Waals surface area contributed by atoms with E-state index in [0.29, 0.717) is 30.3 Å². The quantitative estimate of drug-likeness (QED) is 0.650. The smallest absolute Gasteiger partial charge is 0.161 e. The normalized spacial score (nSPS) is 13.4. The number of hydrogen-bond donors (Lipinski definition) is 3. The van der Waals surface area contributed by atoms with Crippen molar-refractivity contribution in [2.45, 2.75) is 25.7 Å². The zero-order chi connectivity index (χ0) is 16.7. The molecule has 23 heavy (non-hydrogen) atoms. The van der Waals surface area contributed by atoms with E-state index in [1.165, 1.54) is 0 Å². The van der Waals surface area contributed by atoms with Crippen LogP contribution in [0.15, 0.2) is 48.5 Å². The molecular weight excluding hydrogens is 312 g/mol. The maximum atomic E-state index is 10.1. The van der Waals surface area contributed by atoms with E-state index in [1.54, 1.807) is 18.2 Å². The Morgan fingerprint density at radius 3 is 2.39 bits per heavy atom. The average Bonchev–Trinajstić information content (AvgIpc) is 2.60. The minimum atomic E-state index is -1.00. The van der Waals surface area contributed by atoms with Gasteiger partial charge in [-0.25, -0.2) is 0 Å². The van der Waals surface area contributed by atoms with Crippen LogP contribution in [0.4, 0.5) is 0 Å². The molecule has 0 fully saturated rings. The molecule has 0 amide bonds. The molecule has 2 atom stereocenters. The Bertz CT molecular complexity index is 603. The molecule has 124 valence electrons. The second kappa shape index (κ2) is 8.82. The van der Waals surface area contributed by atoms with Crippen molar-refractivity contribution in [3.8, 4) is 11.5 Å². The van der Waals surface area contributed by atoms with E-state index in [0.717, 1.165) is 5.56 Å². The minimum Gasteiger partial charge on any atom is -0.490 e. The van der Waals surface area contributed by atoms with Gasteiger partial charge in [-0.05, 0) is 30.2 Å². The van der Waals surface area contributed by atoms with Crippen LogP contribution < -0.4 is 9.47 Å². The van der Waals surface area contributed by atoms with Gasteiger partial charge in [0.05, 0.1) is 12.7 Å².